The number of hydrogen-bond acceptors (Lipinski definition) is 4. The summed E-state index contributed by atoms with van der Waals surface area (Å²) in [5.74, 6) is -2.88. The Bertz CT molecular complexity index is 1650. The first kappa shape index (κ1) is 22.8. The number of anilines is 2. The van der Waals surface area contributed by atoms with Crippen LogP contribution in [0.1, 0.15) is 18.1 Å². The minimum absolute atomic E-state index is 0.223. The molecular weight excluding hydrogens is 481 g/mol. The Morgan fingerprint density at radius 3 is 2.32 bits per heavy atom. The first-order valence-corrected chi connectivity index (χ1v) is 12.7. The molecule has 4 aromatic rings. The summed E-state index contributed by atoms with van der Waals surface area (Å²) in [7, 11) is 0. The summed E-state index contributed by atoms with van der Waals surface area (Å²) < 4.78 is 13.5. The smallest absolute Gasteiger partial charge is 0.253 e. The van der Waals surface area contributed by atoms with Crippen molar-refractivity contribution in [1.82, 2.24) is 5.32 Å². The first-order valence-electron chi connectivity index (χ1n) is 12.7. The number of nitrogens with one attached hydrogen (secondary N) is 1. The number of amides is 3. The van der Waals surface area contributed by atoms with Crippen LogP contribution in [0.15, 0.2) is 91.0 Å². The van der Waals surface area contributed by atoms with Gasteiger partial charge in [-0.1, -0.05) is 66.7 Å². The highest BCUT2D eigenvalue weighted by Gasteiger charge is 2.71. The number of halogens is 1. The van der Waals surface area contributed by atoms with E-state index in [1.807, 2.05) is 67.6 Å². The summed E-state index contributed by atoms with van der Waals surface area (Å²) >= 11 is 0. The van der Waals surface area contributed by atoms with E-state index >= 15 is 0 Å². The zero-order valence-electron chi connectivity index (χ0n) is 20.6. The Labute approximate surface area is 218 Å². The molecule has 3 heterocycles. The van der Waals surface area contributed by atoms with E-state index in [4.69, 9.17) is 0 Å². The molecule has 0 aromatic heterocycles. The molecular formula is C31H24FN3O3. The third-order valence-electron chi connectivity index (χ3n) is 8.28. The lowest BCUT2D eigenvalue weighted by molar-refractivity contribution is -0.132. The molecule has 0 aliphatic carbocycles. The number of para-hydroxylation sites is 1. The normalized spacial score (nSPS) is 26.1. The number of nitrogens with zero attached hydrogens (tertiary/aromatic N) is 2. The van der Waals surface area contributed by atoms with E-state index in [-0.39, 0.29) is 30.1 Å². The van der Waals surface area contributed by atoms with E-state index < -0.39 is 23.4 Å². The molecule has 1 spiro atoms. The Kier molecular flexibility index (Phi) is 4.84. The van der Waals surface area contributed by atoms with E-state index in [1.165, 1.54) is 17.0 Å². The van der Waals surface area contributed by atoms with Crippen molar-refractivity contribution in [3.8, 4) is 0 Å². The summed E-state index contributed by atoms with van der Waals surface area (Å²) in [5, 5.41) is 5.15. The van der Waals surface area contributed by atoms with E-state index in [0.29, 0.717) is 16.9 Å². The van der Waals surface area contributed by atoms with Gasteiger partial charge in [0, 0.05) is 22.7 Å². The molecule has 0 saturated carbocycles. The topological polar surface area (TPSA) is 69.7 Å². The summed E-state index contributed by atoms with van der Waals surface area (Å²) in [4.78, 5) is 45.5. The summed E-state index contributed by atoms with van der Waals surface area (Å²) in [5.41, 5.74) is 1.31. The van der Waals surface area contributed by atoms with E-state index in [2.05, 4.69) is 5.32 Å². The fourth-order valence-corrected chi connectivity index (χ4v) is 6.68. The van der Waals surface area contributed by atoms with Gasteiger partial charge >= 0.3 is 0 Å². The molecule has 7 rings (SSSR count). The maximum Gasteiger partial charge on any atom is 0.253 e. The minimum atomic E-state index is -1.37. The predicted octanol–water partition coefficient (Wildman–Crippen LogP) is 4.52. The van der Waals surface area contributed by atoms with Crippen molar-refractivity contribution in [2.24, 2.45) is 11.8 Å². The molecule has 7 heteroatoms. The average molecular weight is 506 g/mol. The van der Waals surface area contributed by atoms with Crippen LogP contribution in [0.25, 0.3) is 10.8 Å². The number of carbonyl (C=O) groups is 3. The van der Waals surface area contributed by atoms with Crippen molar-refractivity contribution in [1.29, 1.82) is 0 Å². The van der Waals surface area contributed by atoms with Gasteiger partial charge in [0.1, 0.15) is 11.4 Å². The summed E-state index contributed by atoms with van der Waals surface area (Å²) in [6.45, 7) is 2.09. The van der Waals surface area contributed by atoms with Crippen molar-refractivity contribution in [2.75, 3.05) is 9.80 Å². The number of fused-ring (bicyclic) bond motifs is 5. The van der Waals surface area contributed by atoms with Crippen LogP contribution in [-0.4, -0.2) is 23.8 Å². The zero-order chi connectivity index (χ0) is 26.2. The SMILES string of the molecule is C[C@@H]1N[C@]2(C(=O)N(Cc3ccc(F)cc3)c3ccccc32)[C@@H]2C(=O)N(c3cccc4ccccc34)C(=O)[C@H]12. The Morgan fingerprint density at radius 1 is 0.816 bits per heavy atom. The van der Waals surface area contributed by atoms with Gasteiger partial charge in [-0.2, -0.15) is 0 Å². The Balaban J connectivity index is 1.35. The van der Waals surface area contributed by atoms with Crippen LogP contribution in [0.5, 0.6) is 0 Å². The molecule has 2 saturated heterocycles. The Morgan fingerprint density at radius 2 is 1.50 bits per heavy atom. The molecule has 3 aliphatic heterocycles. The number of benzene rings is 4. The standard InChI is InChI=1S/C31H24FN3O3/c1-18-26-27(29(37)35(28(26)36)24-12-6-8-20-7-2-3-9-22(20)24)31(33-18)23-10-4-5-11-25(23)34(30(31)38)17-19-13-15-21(32)16-14-19/h2-16,18,26-27,33H,17H2,1H3/t18-,26+,27-,31-/m0/s1. The van der Waals surface area contributed by atoms with Crippen molar-refractivity contribution in [3.05, 3.63) is 108 Å². The summed E-state index contributed by atoms with van der Waals surface area (Å²) in [6.07, 6.45) is 0. The average Bonchev–Trinajstić information content (AvgIpc) is 3.48. The molecule has 6 nitrogen and oxygen atoms in total. The zero-order valence-corrected chi connectivity index (χ0v) is 20.6. The van der Waals surface area contributed by atoms with E-state index in [1.54, 1.807) is 23.1 Å². The third kappa shape index (κ3) is 2.93. The van der Waals surface area contributed by atoms with Gasteiger partial charge < -0.3 is 4.90 Å². The van der Waals surface area contributed by atoms with Gasteiger partial charge in [-0.3, -0.25) is 19.7 Å². The van der Waals surface area contributed by atoms with Crippen molar-refractivity contribution in [2.45, 2.75) is 25.0 Å². The minimum Gasteiger partial charge on any atom is -0.306 e. The van der Waals surface area contributed by atoms with Crippen LogP contribution in [0.4, 0.5) is 15.8 Å². The molecule has 0 unspecified atom stereocenters. The molecule has 3 aliphatic rings. The fraction of sp³-hybridized carbons (Fsp3) is 0.194. The highest BCUT2D eigenvalue weighted by atomic mass is 19.1. The molecule has 2 fully saturated rings. The lowest BCUT2D eigenvalue weighted by Gasteiger charge is -2.30. The highest BCUT2D eigenvalue weighted by Crippen LogP contribution is 2.55. The number of imide groups is 1. The monoisotopic (exact) mass is 505 g/mol. The van der Waals surface area contributed by atoms with Gasteiger partial charge in [0.25, 0.3) is 5.91 Å². The van der Waals surface area contributed by atoms with Gasteiger partial charge in [-0.15, -0.1) is 0 Å². The lowest BCUT2D eigenvalue weighted by atomic mass is 9.76. The second-order valence-electron chi connectivity index (χ2n) is 10.3. The second kappa shape index (κ2) is 8.07. The van der Waals surface area contributed by atoms with Gasteiger partial charge in [-0.25, -0.2) is 9.29 Å². The van der Waals surface area contributed by atoms with Crippen LogP contribution in [0, 0.1) is 17.7 Å². The Hall–Kier alpha value is -4.36. The molecule has 4 atom stereocenters. The van der Waals surface area contributed by atoms with Gasteiger partial charge in [-0.05, 0) is 42.1 Å². The van der Waals surface area contributed by atoms with E-state index in [0.717, 1.165) is 16.3 Å². The van der Waals surface area contributed by atoms with Crippen molar-refractivity contribution in [3.63, 3.8) is 0 Å². The molecule has 38 heavy (non-hydrogen) atoms. The van der Waals surface area contributed by atoms with Crippen LogP contribution < -0.4 is 15.1 Å². The maximum absolute atomic E-state index is 14.4. The van der Waals surface area contributed by atoms with Crippen molar-refractivity contribution < 1.29 is 18.8 Å². The molecule has 1 N–H and O–H groups in total. The van der Waals surface area contributed by atoms with Gasteiger partial charge in [0.15, 0.2) is 0 Å². The van der Waals surface area contributed by atoms with E-state index in [9.17, 15) is 18.8 Å². The fourth-order valence-electron chi connectivity index (χ4n) is 6.68. The molecule has 188 valence electrons. The van der Waals surface area contributed by atoms with Crippen LogP contribution in [0.3, 0.4) is 0 Å². The molecule has 3 amide bonds. The number of carbonyl (C=O) groups excluding carboxylic acids is 3. The predicted molar refractivity (Wildman–Crippen MR) is 142 cm³/mol. The van der Waals surface area contributed by atoms with Crippen molar-refractivity contribution >= 4 is 39.9 Å². The molecule has 0 radical (unpaired) electrons. The van der Waals surface area contributed by atoms with Gasteiger partial charge in [0.2, 0.25) is 11.8 Å². The maximum atomic E-state index is 14.4. The first-order chi connectivity index (χ1) is 18.4. The lowest BCUT2D eigenvalue weighted by Crippen LogP contribution is -2.54. The molecule has 0 bridgehead atoms. The van der Waals surface area contributed by atoms with Crippen LogP contribution >= 0.6 is 0 Å². The second-order valence-corrected chi connectivity index (χ2v) is 10.3. The van der Waals surface area contributed by atoms with Crippen LogP contribution in [0.2, 0.25) is 0 Å². The number of hydrogen-bond donors (Lipinski definition) is 1. The summed E-state index contributed by atoms with van der Waals surface area (Å²) in [6, 6.07) is 26.2. The van der Waals surface area contributed by atoms with Gasteiger partial charge in [0.05, 0.1) is 24.1 Å². The third-order valence-corrected chi connectivity index (χ3v) is 8.28. The number of rotatable bonds is 3. The largest absolute Gasteiger partial charge is 0.306 e. The molecule has 4 aromatic carbocycles. The highest BCUT2D eigenvalue weighted by molar-refractivity contribution is 6.28. The van der Waals surface area contributed by atoms with Crippen LogP contribution in [-0.2, 0) is 26.5 Å². The quantitative estimate of drug-likeness (QED) is 0.416.